The molecule has 0 saturated carbocycles. The van der Waals surface area contributed by atoms with Gasteiger partial charge in [-0.3, -0.25) is 0 Å². The number of hydrogen-bond acceptors (Lipinski definition) is 3. The van der Waals surface area contributed by atoms with Crippen LogP contribution in [0.3, 0.4) is 0 Å². The molecule has 0 spiro atoms. The molecule has 21 heavy (non-hydrogen) atoms. The van der Waals surface area contributed by atoms with E-state index >= 15 is 0 Å². The summed E-state index contributed by atoms with van der Waals surface area (Å²) >= 11 is 1.82. The second-order valence-corrected chi connectivity index (χ2v) is 6.18. The van der Waals surface area contributed by atoms with Crippen molar-refractivity contribution in [3.63, 3.8) is 0 Å². The molecule has 0 saturated heterocycles. The summed E-state index contributed by atoms with van der Waals surface area (Å²) in [6, 6.07) is 16.8. The van der Waals surface area contributed by atoms with E-state index in [4.69, 9.17) is 5.73 Å². The van der Waals surface area contributed by atoms with Crippen molar-refractivity contribution in [2.75, 3.05) is 17.2 Å². The summed E-state index contributed by atoms with van der Waals surface area (Å²) in [5.74, 6) is 0. The standard InChI is InChI=1S/C18H20N2S/c1-2-10-20(16-7-5-6-15(19)11-16)12-14-13-21-18-9-4-3-8-17(14)18/h3-9,11,13H,2,10,12,19H2,1H3. The lowest BCUT2D eigenvalue weighted by Gasteiger charge is -2.24. The van der Waals surface area contributed by atoms with Crippen LogP contribution < -0.4 is 10.6 Å². The Kier molecular flexibility index (Phi) is 4.11. The molecule has 0 fully saturated rings. The number of anilines is 2. The van der Waals surface area contributed by atoms with E-state index in [2.05, 4.69) is 53.6 Å². The maximum Gasteiger partial charge on any atom is 0.0443 e. The summed E-state index contributed by atoms with van der Waals surface area (Å²) < 4.78 is 1.36. The fourth-order valence-electron chi connectivity index (χ4n) is 2.65. The van der Waals surface area contributed by atoms with E-state index in [1.54, 1.807) is 0 Å². The minimum atomic E-state index is 0.823. The van der Waals surface area contributed by atoms with E-state index in [0.717, 1.165) is 25.2 Å². The average molecular weight is 296 g/mol. The Morgan fingerprint density at radius 1 is 1.10 bits per heavy atom. The van der Waals surface area contributed by atoms with Gasteiger partial charge in [-0.2, -0.15) is 0 Å². The third-order valence-electron chi connectivity index (χ3n) is 3.65. The smallest absolute Gasteiger partial charge is 0.0443 e. The second kappa shape index (κ2) is 6.19. The van der Waals surface area contributed by atoms with E-state index < -0.39 is 0 Å². The van der Waals surface area contributed by atoms with Crippen LogP contribution in [0.4, 0.5) is 11.4 Å². The third kappa shape index (κ3) is 3.03. The summed E-state index contributed by atoms with van der Waals surface area (Å²) in [6.07, 6.45) is 1.12. The molecule has 2 aromatic carbocycles. The number of benzene rings is 2. The number of hydrogen-bond donors (Lipinski definition) is 1. The summed E-state index contributed by atoms with van der Waals surface area (Å²) in [5.41, 5.74) is 9.35. The summed E-state index contributed by atoms with van der Waals surface area (Å²) in [4.78, 5) is 2.41. The van der Waals surface area contributed by atoms with Crippen molar-refractivity contribution in [1.82, 2.24) is 0 Å². The Morgan fingerprint density at radius 2 is 1.95 bits per heavy atom. The lowest BCUT2D eigenvalue weighted by Crippen LogP contribution is -2.23. The summed E-state index contributed by atoms with van der Waals surface area (Å²) in [5, 5.41) is 3.65. The molecular weight excluding hydrogens is 276 g/mol. The highest BCUT2D eigenvalue weighted by atomic mass is 32.1. The molecule has 2 N–H and O–H groups in total. The van der Waals surface area contributed by atoms with Crippen molar-refractivity contribution in [3.8, 4) is 0 Å². The molecule has 2 nitrogen and oxygen atoms in total. The first kappa shape index (κ1) is 14.0. The van der Waals surface area contributed by atoms with Crippen LogP contribution in [-0.2, 0) is 6.54 Å². The molecule has 0 aliphatic rings. The van der Waals surface area contributed by atoms with Gasteiger partial charge in [0.1, 0.15) is 0 Å². The molecule has 1 heterocycles. The average Bonchev–Trinajstić information content (AvgIpc) is 2.90. The van der Waals surface area contributed by atoms with Crippen LogP contribution in [0.5, 0.6) is 0 Å². The van der Waals surface area contributed by atoms with E-state index in [-0.39, 0.29) is 0 Å². The van der Waals surface area contributed by atoms with Gasteiger partial charge in [-0.25, -0.2) is 0 Å². The van der Waals surface area contributed by atoms with Crippen molar-refractivity contribution in [2.45, 2.75) is 19.9 Å². The van der Waals surface area contributed by atoms with Crippen molar-refractivity contribution in [1.29, 1.82) is 0 Å². The van der Waals surface area contributed by atoms with E-state index in [1.165, 1.54) is 21.3 Å². The largest absolute Gasteiger partial charge is 0.399 e. The van der Waals surface area contributed by atoms with Crippen molar-refractivity contribution in [2.24, 2.45) is 0 Å². The number of nitrogens with two attached hydrogens (primary N) is 1. The topological polar surface area (TPSA) is 29.3 Å². The molecular formula is C18H20N2S. The molecule has 108 valence electrons. The summed E-state index contributed by atoms with van der Waals surface area (Å²) in [6.45, 7) is 4.18. The zero-order valence-corrected chi connectivity index (χ0v) is 13.1. The molecule has 1 aromatic heterocycles. The normalized spacial score (nSPS) is 10.9. The summed E-state index contributed by atoms with van der Waals surface area (Å²) in [7, 11) is 0. The molecule has 0 atom stereocenters. The molecule has 0 radical (unpaired) electrons. The third-order valence-corrected chi connectivity index (χ3v) is 4.66. The minimum absolute atomic E-state index is 0.823. The molecule has 3 heteroatoms. The molecule has 0 amide bonds. The fourth-order valence-corrected chi connectivity index (χ4v) is 3.61. The fraction of sp³-hybridized carbons (Fsp3) is 0.222. The van der Waals surface area contributed by atoms with Crippen LogP contribution in [0.1, 0.15) is 18.9 Å². The molecule has 0 aliphatic heterocycles. The van der Waals surface area contributed by atoms with Crippen molar-refractivity contribution >= 4 is 32.8 Å². The number of nitrogen functional groups attached to an aromatic ring is 1. The highest BCUT2D eigenvalue weighted by molar-refractivity contribution is 7.17. The highest BCUT2D eigenvalue weighted by Crippen LogP contribution is 2.28. The van der Waals surface area contributed by atoms with Gasteiger partial charge in [-0.15, -0.1) is 11.3 Å². The first-order valence-electron chi connectivity index (χ1n) is 7.33. The highest BCUT2D eigenvalue weighted by Gasteiger charge is 2.10. The van der Waals surface area contributed by atoms with Crippen LogP contribution in [-0.4, -0.2) is 6.54 Å². The van der Waals surface area contributed by atoms with Gasteiger partial charge < -0.3 is 10.6 Å². The maximum absolute atomic E-state index is 5.93. The van der Waals surface area contributed by atoms with Gasteiger partial charge in [0.05, 0.1) is 0 Å². The lowest BCUT2D eigenvalue weighted by molar-refractivity contribution is 0.771. The molecule has 0 unspecified atom stereocenters. The number of rotatable bonds is 5. The number of fused-ring (bicyclic) bond motifs is 1. The quantitative estimate of drug-likeness (QED) is 0.678. The molecule has 3 aromatic rings. The van der Waals surface area contributed by atoms with Crippen molar-refractivity contribution in [3.05, 3.63) is 59.5 Å². The van der Waals surface area contributed by atoms with Crippen LogP contribution in [0, 0.1) is 0 Å². The van der Waals surface area contributed by atoms with Gasteiger partial charge in [0.15, 0.2) is 0 Å². The molecule has 0 bridgehead atoms. The van der Waals surface area contributed by atoms with Crippen LogP contribution in [0.2, 0.25) is 0 Å². The van der Waals surface area contributed by atoms with Gasteiger partial charge in [0, 0.05) is 29.2 Å². The van der Waals surface area contributed by atoms with E-state index in [0.29, 0.717) is 0 Å². The Bertz CT molecular complexity index is 733. The van der Waals surface area contributed by atoms with Gasteiger partial charge in [0.25, 0.3) is 0 Å². The number of thiophene rings is 1. The Morgan fingerprint density at radius 3 is 2.76 bits per heavy atom. The number of nitrogens with zero attached hydrogens (tertiary/aromatic N) is 1. The van der Waals surface area contributed by atoms with Crippen LogP contribution in [0.15, 0.2) is 53.9 Å². The minimum Gasteiger partial charge on any atom is -0.399 e. The zero-order chi connectivity index (χ0) is 14.7. The molecule has 3 rings (SSSR count). The first-order valence-corrected chi connectivity index (χ1v) is 8.21. The first-order chi connectivity index (χ1) is 10.3. The van der Waals surface area contributed by atoms with E-state index in [9.17, 15) is 0 Å². The second-order valence-electron chi connectivity index (χ2n) is 5.27. The zero-order valence-electron chi connectivity index (χ0n) is 12.3. The lowest BCUT2D eigenvalue weighted by atomic mass is 10.1. The Balaban J connectivity index is 1.92. The Labute approximate surface area is 129 Å². The van der Waals surface area contributed by atoms with Crippen LogP contribution in [0.25, 0.3) is 10.1 Å². The predicted molar refractivity (Wildman–Crippen MR) is 94.0 cm³/mol. The van der Waals surface area contributed by atoms with Gasteiger partial charge in [-0.05, 0) is 47.0 Å². The predicted octanol–water partition coefficient (Wildman–Crippen LogP) is 4.90. The van der Waals surface area contributed by atoms with Gasteiger partial charge in [-0.1, -0.05) is 31.2 Å². The van der Waals surface area contributed by atoms with E-state index in [1.807, 2.05) is 23.5 Å². The monoisotopic (exact) mass is 296 g/mol. The van der Waals surface area contributed by atoms with Gasteiger partial charge >= 0.3 is 0 Å². The SMILES string of the molecule is CCCN(Cc1csc2ccccc12)c1cccc(N)c1. The maximum atomic E-state index is 5.93. The van der Waals surface area contributed by atoms with Gasteiger partial charge in [0.2, 0.25) is 0 Å². The molecule has 0 aliphatic carbocycles. The van der Waals surface area contributed by atoms with Crippen LogP contribution >= 0.6 is 11.3 Å². The Hall–Kier alpha value is -2.00. The van der Waals surface area contributed by atoms with Crippen molar-refractivity contribution < 1.29 is 0 Å².